The molecule has 1 unspecified atom stereocenters. The van der Waals surface area contributed by atoms with Crippen LogP contribution in [-0.2, 0) is 9.84 Å². The number of hydrogen-bond donors (Lipinski definition) is 1. The molecule has 0 bridgehead atoms. The maximum atomic E-state index is 11.6. The van der Waals surface area contributed by atoms with Crippen LogP contribution in [0.15, 0.2) is 18.2 Å². The molecule has 0 saturated heterocycles. The first kappa shape index (κ1) is 18.3. The van der Waals surface area contributed by atoms with Crippen molar-refractivity contribution in [3.05, 3.63) is 28.8 Å². The van der Waals surface area contributed by atoms with Crippen LogP contribution in [0.3, 0.4) is 0 Å². The molecule has 0 aliphatic heterocycles. The highest BCUT2D eigenvalue weighted by Gasteiger charge is 2.17. The van der Waals surface area contributed by atoms with Gasteiger partial charge in [-0.2, -0.15) is 0 Å². The summed E-state index contributed by atoms with van der Waals surface area (Å²) in [6.07, 6.45) is 1.37. The second-order valence-corrected chi connectivity index (χ2v) is 7.78. The minimum absolute atomic E-state index is 0.0641. The Morgan fingerprint density at radius 2 is 2.05 bits per heavy atom. The predicted octanol–water partition coefficient (Wildman–Crippen LogP) is 3.21. The molecule has 1 rings (SSSR count). The summed E-state index contributed by atoms with van der Waals surface area (Å²) in [5.74, 6) is 1.15. The van der Waals surface area contributed by atoms with E-state index in [1.165, 1.54) is 0 Å². The highest BCUT2D eigenvalue weighted by Crippen LogP contribution is 2.30. The highest BCUT2D eigenvalue weighted by molar-refractivity contribution is 7.91. The molecule has 0 aromatic heterocycles. The van der Waals surface area contributed by atoms with Gasteiger partial charge in [-0.15, -0.1) is 0 Å². The molecule has 21 heavy (non-hydrogen) atoms. The van der Waals surface area contributed by atoms with Gasteiger partial charge in [0.1, 0.15) is 15.6 Å². The van der Waals surface area contributed by atoms with Gasteiger partial charge in [0.05, 0.1) is 12.9 Å². The molecule has 1 aromatic rings. The third kappa shape index (κ3) is 5.85. The second-order valence-electron chi connectivity index (χ2n) is 4.88. The van der Waals surface area contributed by atoms with Crippen molar-refractivity contribution in [3.8, 4) is 5.75 Å². The van der Waals surface area contributed by atoms with Crippen LogP contribution in [0.1, 0.15) is 38.3 Å². The lowest BCUT2D eigenvalue weighted by molar-refractivity contribution is 0.395. The summed E-state index contributed by atoms with van der Waals surface area (Å²) >= 11 is 5.98. The lowest BCUT2D eigenvalue weighted by atomic mass is 10.0. The molecular weight excluding hydrogens is 310 g/mol. The van der Waals surface area contributed by atoms with Gasteiger partial charge in [0.15, 0.2) is 0 Å². The van der Waals surface area contributed by atoms with Gasteiger partial charge in [-0.25, -0.2) is 8.42 Å². The van der Waals surface area contributed by atoms with Crippen molar-refractivity contribution in [2.45, 2.75) is 32.7 Å². The molecular formula is C15H24ClNO3S. The molecule has 0 fully saturated rings. The van der Waals surface area contributed by atoms with Crippen LogP contribution in [0, 0.1) is 0 Å². The van der Waals surface area contributed by atoms with E-state index in [2.05, 4.69) is 5.32 Å². The Bertz CT molecular complexity index is 546. The van der Waals surface area contributed by atoms with E-state index in [1.807, 2.05) is 19.1 Å². The summed E-state index contributed by atoms with van der Waals surface area (Å²) in [5.41, 5.74) is 1.01. The largest absolute Gasteiger partial charge is 0.496 e. The van der Waals surface area contributed by atoms with E-state index in [0.717, 1.165) is 24.3 Å². The number of methoxy groups -OCH3 is 1. The quantitative estimate of drug-likeness (QED) is 0.754. The van der Waals surface area contributed by atoms with Crippen molar-refractivity contribution in [2.24, 2.45) is 0 Å². The van der Waals surface area contributed by atoms with Gasteiger partial charge >= 0.3 is 0 Å². The van der Waals surface area contributed by atoms with Gasteiger partial charge in [0.25, 0.3) is 0 Å². The Balaban J connectivity index is 2.82. The summed E-state index contributed by atoms with van der Waals surface area (Å²) in [7, 11) is -1.30. The summed E-state index contributed by atoms with van der Waals surface area (Å²) in [6, 6.07) is 5.61. The summed E-state index contributed by atoms with van der Waals surface area (Å²) < 4.78 is 28.5. The standard InChI is InChI=1S/C15H24ClNO3S/c1-4-17-14(7-6-10-21(18,19)5-2)13-9-8-12(16)11-15(13)20-3/h8-9,11,14,17H,4-7,10H2,1-3H3. The first-order chi connectivity index (χ1) is 9.93. The SMILES string of the molecule is CCNC(CCCS(=O)(=O)CC)c1ccc(Cl)cc1OC. The fourth-order valence-electron chi connectivity index (χ4n) is 2.24. The Morgan fingerprint density at radius 3 is 2.62 bits per heavy atom. The Hall–Kier alpha value is -0.780. The summed E-state index contributed by atoms with van der Waals surface area (Å²) in [4.78, 5) is 0. The number of rotatable bonds is 9. The topological polar surface area (TPSA) is 55.4 Å². The van der Waals surface area contributed by atoms with E-state index in [0.29, 0.717) is 11.4 Å². The zero-order valence-corrected chi connectivity index (χ0v) is 14.4. The second kappa shape index (κ2) is 8.61. The Kier molecular flexibility index (Phi) is 7.49. The maximum Gasteiger partial charge on any atom is 0.150 e. The van der Waals surface area contributed by atoms with Crippen molar-refractivity contribution >= 4 is 21.4 Å². The lowest BCUT2D eigenvalue weighted by Crippen LogP contribution is -2.22. The number of sulfone groups is 1. The zero-order valence-electron chi connectivity index (χ0n) is 12.9. The zero-order chi connectivity index (χ0) is 15.9. The van der Waals surface area contributed by atoms with Crippen molar-refractivity contribution in [1.82, 2.24) is 5.32 Å². The third-order valence-electron chi connectivity index (χ3n) is 3.41. The van der Waals surface area contributed by atoms with E-state index in [4.69, 9.17) is 16.3 Å². The molecule has 0 heterocycles. The van der Waals surface area contributed by atoms with E-state index < -0.39 is 9.84 Å². The molecule has 1 atom stereocenters. The normalized spacial score (nSPS) is 13.1. The minimum Gasteiger partial charge on any atom is -0.496 e. The Morgan fingerprint density at radius 1 is 1.33 bits per heavy atom. The maximum absolute atomic E-state index is 11.6. The number of nitrogens with one attached hydrogen (secondary N) is 1. The number of benzene rings is 1. The van der Waals surface area contributed by atoms with Crippen LogP contribution >= 0.6 is 11.6 Å². The molecule has 1 N–H and O–H groups in total. The molecule has 1 aromatic carbocycles. The number of hydrogen-bond acceptors (Lipinski definition) is 4. The van der Waals surface area contributed by atoms with E-state index in [1.54, 1.807) is 20.1 Å². The van der Waals surface area contributed by atoms with Gasteiger partial charge in [-0.05, 0) is 31.5 Å². The molecule has 6 heteroatoms. The Labute approximate surface area is 132 Å². The number of ether oxygens (including phenoxy) is 1. The van der Waals surface area contributed by atoms with Crippen LogP contribution in [0.2, 0.25) is 5.02 Å². The molecule has 0 spiro atoms. The first-order valence-corrected chi connectivity index (χ1v) is 9.40. The average molecular weight is 334 g/mol. The average Bonchev–Trinajstić information content (AvgIpc) is 2.46. The molecule has 0 radical (unpaired) electrons. The minimum atomic E-state index is -2.91. The van der Waals surface area contributed by atoms with Crippen LogP contribution in [0.25, 0.3) is 0 Å². The third-order valence-corrected chi connectivity index (χ3v) is 5.43. The van der Waals surface area contributed by atoms with Crippen molar-refractivity contribution in [1.29, 1.82) is 0 Å². The lowest BCUT2D eigenvalue weighted by Gasteiger charge is -2.21. The van der Waals surface area contributed by atoms with Gasteiger partial charge < -0.3 is 10.1 Å². The van der Waals surface area contributed by atoms with Crippen molar-refractivity contribution in [3.63, 3.8) is 0 Å². The van der Waals surface area contributed by atoms with Crippen LogP contribution in [-0.4, -0.2) is 33.6 Å². The van der Waals surface area contributed by atoms with E-state index in [-0.39, 0.29) is 17.5 Å². The van der Waals surface area contributed by atoms with E-state index >= 15 is 0 Å². The fraction of sp³-hybridized carbons (Fsp3) is 0.600. The van der Waals surface area contributed by atoms with Crippen molar-refractivity contribution in [2.75, 3.05) is 25.2 Å². The predicted molar refractivity (Wildman–Crippen MR) is 88.0 cm³/mol. The molecule has 0 aliphatic rings. The molecule has 4 nitrogen and oxygen atoms in total. The molecule has 0 saturated carbocycles. The van der Waals surface area contributed by atoms with Crippen LogP contribution in [0.5, 0.6) is 5.75 Å². The monoisotopic (exact) mass is 333 g/mol. The van der Waals surface area contributed by atoms with Gasteiger partial charge in [0, 0.05) is 22.4 Å². The number of halogens is 1. The summed E-state index contributed by atoms with van der Waals surface area (Å²) in [6.45, 7) is 4.51. The van der Waals surface area contributed by atoms with Gasteiger partial charge in [-0.1, -0.05) is 31.5 Å². The fourth-order valence-corrected chi connectivity index (χ4v) is 3.30. The highest BCUT2D eigenvalue weighted by atomic mass is 35.5. The smallest absolute Gasteiger partial charge is 0.150 e. The van der Waals surface area contributed by atoms with Crippen molar-refractivity contribution < 1.29 is 13.2 Å². The summed E-state index contributed by atoms with van der Waals surface area (Å²) in [5, 5.41) is 4.00. The molecule has 0 aliphatic carbocycles. The molecule has 120 valence electrons. The van der Waals surface area contributed by atoms with Gasteiger partial charge in [0.2, 0.25) is 0 Å². The van der Waals surface area contributed by atoms with Crippen LogP contribution < -0.4 is 10.1 Å². The van der Waals surface area contributed by atoms with Crippen LogP contribution in [0.4, 0.5) is 0 Å². The molecule has 0 amide bonds. The van der Waals surface area contributed by atoms with Gasteiger partial charge in [-0.3, -0.25) is 0 Å². The van der Waals surface area contributed by atoms with E-state index in [9.17, 15) is 8.42 Å². The first-order valence-electron chi connectivity index (χ1n) is 7.20.